The molecule has 1 saturated heterocycles. The zero-order valence-corrected chi connectivity index (χ0v) is 18.1. The fourth-order valence-electron chi connectivity index (χ4n) is 3.14. The van der Waals surface area contributed by atoms with Crippen molar-refractivity contribution in [3.05, 3.63) is 18.5 Å². The summed E-state index contributed by atoms with van der Waals surface area (Å²) >= 11 is 1.86. The lowest BCUT2D eigenvalue weighted by Crippen LogP contribution is -2.61. The number of nitrogens with one attached hydrogen (secondary N) is 4. The third kappa shape index (κ3) is 4.35. The minimum Gasteiger partial charge on any atom is -0.345 e. The Labute approximate surface area is 171 Å². The summed E-state index contributed by atoms with van der Waals surface area (Å²) in [7, 11) is -3.61. The maximum atomic E-state index is 13.1. The molecule has 0 aromatic carbocycles. The highest BCUT2D eigenvalue weighted by molar-refractivity contribution is 14.1. The zero-order chi connectivity index (χ0) is 19.7. The van der Waals surface area contributed by atoms with Gasteiger partial charge in [-0.15, -0.1) is 0 Å². The molecule has 1 aliphatic rings. The first-order chi connectivity index (χ1) is 12.7. The van der Waals surface area contributed by atoms with Crippen LogP contribution in [0.4, 0.5) is 10.6 Å². The number of H-pyrrole nitrogens is 1. The van der Waals surface area contributed by atoms with Crippen molar-refractivity contribution >= 4 is 55.4 Å². The van der Waals surface area contributed by atoms with Gasteiger partial charge in [0.05, 0.1) is 18.0 Å². The largest absolute Gasteiger partial charge is 0.345 e. The van der Waals surface area contributed by atoms with Gasteiger partial charge in [0, 0.05) is 6.20 Å². The molecule has 4 N–H and O–H groups in total. The SMILES string of the molecule is CC(C)CS(=O)(=O)C(I)(NC(=O)Nc1cnc2[nH]ccc2n1)C1CCCN1. The molecule has 1 fully saturated rings. The second kappa shape index (κ2) is 7.87. The van der Waals surface area contributed by atoms with Crippen LogP contribution in [0.15, 0.2) is 18.5 Å². The number of hydrogen-bond donors (Lipinski definition) is 4. The number of aromatic nitrogens is 3. The Hall–Kier alpha value is -1.47. The Morgan fingerprint density at radius 1 is 1.48 bits per heavy atom. The molecule has 2 aromatic heterocycles. The lowest BCUT2D eigenvalue weighted by Gasteiger charge is -2.34. The molecule has 2 amide bonds. The number of carbonyl (C=O) groups is 1. The van der Waals surface area contributed by atoms with Crippen LogP contribution in [0, 0.1) is 5.92 Å². The van der Waals surface area contributed by atoms with Gasteiger partial charge in [0.2, 0.25) is 2.88 Å². The van der Waals surface area contributed by atoms with Crippen LogP contribution in [0.25, 0.3) is 11.2 Å². The number of urea groups is 1. The van der Waals surface area contributed by atoms with Gasteiger partial charge in [-0.05, 0) is 54.0 Å². The summed E-state index contributed by atoms with van der Waals surface area (Å²) in [5.41, 5.74) is 1.22. The van der Waals surface area contributed by atoms with Crippen molar-refractivity contribution in [1.82, 2.24) is 25.6 Å². The van der Waals surface area contributed by atoms with Gasteiger partial charge in [-0.1, -0.05) is 13.8 Å². The minimum atomic E-state index is -3.61. The van der Waals surface area contributed by atoms with E-state index in [-0.39, 0.29) is 23.5 Å². The molecule has 0 bridgehead atoms. The standard InChI is InChI=1S/C16H23IN6O3S/c1-10(2)9-27(25,26)16(17,12-4-3-6-18-12)23-15(24)22-13-8-20-14-11(21-13)5-7-19-14/h5,7-8,10,12,18H,3-4,6,9H2,1-2H3,(H,19,20)(H2,21,22,23,24). The summed E-state index contributed by atoms with van der Waals surface area (Å²) < 4.78 is 24.7. The molecule has 1 aliphatic heterocycles. The third-order valence-electron chi connectivity index (χ3n) is 4.30. The summed E-state index contributed by atoms with van der Waals surface area (Å²) in [4.78, 5) is 24.0. The van der Waals surface area contributed by atoms with E-state index in [0.717, 1.165) is 13.0 Å². The van der Waals surface area contributed by atoms with Gasteiger partial charge < -0.3 is 15.6 Å². The molecule has 0 radical (unpaired) electrons. The molecule has 0 aliphatic carbocycles. The molecule has 2 unspecified atom stereocenters. The highest BCUT2D eigenvalue weighted by atomic mass is 127. The van der Waals surface area contributed by atoms with Crippen LogP contribution < -0.4 is 16.0 Å². The predicted octanol–water partition coefficient (Wildman–Crippen LogP) is 1.99. The van der Waals surface area contributed by atoms with E-state index >= 15 is 0 Å². The minimum absolute atomic E-state index is 0.0104. The monoisotopic (exact) mass is 506 g/mol. The fraction of sp³-hybridized carbons (Fsp3) is 0.562. The van der Waals surface area contributed by atoms with Gasteiger partial charge in [0.15, 0.2) is 21.3 Å². The van der Waals surface area contributed by atoms with Crippen molar-refractivity contribution in [1.29, 1.82) is 0 Å². The van der Waals surface area contributed by atoms with Crippen molar-refractivity contribution in [2.75, 3.05) is 17.6 Å². The Morgan fingerprint density at radius 3 is 2.93 bits per heavy atom. The number of aromatic amines is 1. The van der Waals surface area contributed by atoms with E-state index in [9.17, 15) is 13.2 Å². The lowest BCUT2D eigenvalue weighted by molar-refractivity contribution is 0.248. The van der Waals surface area contributed by atoms with Gasteiger partial charge in [-0.25, -0.2) is 23.2 Å². The highest BCUT2D eigenvalue weighted by Gasteiger charge is 2.50. The molecule has 0 spiro atoms. The summed E-state index contributed by atoms with van der Waals surface area (Å²) in [5.74, 6) is 0.194. The molecule has 2 atom stereocenters. The fourth-order valence-corrected chi connectivity index (χ4v) is 6.46. The first-order valence-corrected chi connectivity index (χ1v) is 11.5. The zero-order valence-electron chi connectivity index (χ0n) is 15.1. The van der Waals surface area contributed by atoms with Crippen LogP contribution >= 0.6 is 22.6 Å². The smallest absolute Gasteiger partial charge is 0.322 e. The van der Waals surface area contributed by atoms with E-state index in [1.54, 1.807) is 12.3 Å². The Morgan fingerprint density at radius 2 is 2.26 bits per heavy atom. The van der Waals surface area contributed by atoms with Crippen LogP contribution in [-0.4, -0.2) is 50.6 Å². The van der Waals surface area contributed by atoms with Crippen molar-refractivity contribution in [3.63, 3.8) is 0 Å². The molecule has 0 saturated carbocycles. The molecule has 3 heterocycles. The maximum absolute atomic E-state index is 13.1. The number of sulfone groups is 1. The number of nitrogens with zero attached hydrogens (tertiary/aromatic N) is 2. The van der Waals surface area contributed by atoms with Gasteiger partial charge in [0.25, 0.3) is 0 Å². The van der Waals surface area contributed by atoms with Crippen LogP contribution in [0.5, 0.6) is 0 Å². The van der Waals surface area contributed by atoms with Crippen LogP contribution in [0.2, 0.25) is 0 Å². The van der Waals surface area contributed by atoms with Gasteiger partial charge in [-0.2, -0.15) is 0 Å². The van der Waals surface area contributed by atoms with Crippen LogP contribution in [-0.2, 0) is 9.84 Å². The van der Waals surface area contributed by atoms with Crippen LogP contribution in [0.3, 0.4) is 0 Å². The molecule has 148 valence electrons. The third-order valence-corrected chi connectivity index (χ3v) is 9.73. The number of rotatable bonds is 6. The second-order valence-electron chi connectivity index (χ2n) is 7.02. The first-order valence-electron chi connectivity index (χ1n) is 8.75. The normalized spacial score (nSPS) is 19.9. The summed E-state index contributed by atoms with van der Waals surface area (Å²) in [5, 5.41) is 8.48. The highest BCUT2D eigenvalue weighted by Crippen LogP contribution is 2.33. The number of anilines is 1. The topological polar surface area (TPSA) is 129 Å². The molecule has 9 nitrogen and oxygen atoms in total. The Balaban J connectivity index is 1.81. The number of fused-ring (bicyclic) bond motifs is 1. The number of hydrogen-bond acceptors (Lipinski definition) is 6. The predicted molar refractivity (Wildman–Crippen MR) is 112 cm³/mol. The summed E-state index contributed by atoms with van der Waals surface area (Å²) in [6.45, 7) is 4.42. The van der Waals surface area contributed by atoms with E-state index in [1.165, 1.54) is 6.20 Å². The van der Waals surface area contributed by atoms with Gasteiger partial charge in [0.1, 0.15) is 5.52 Å². The van der Waals surface area contributed by atoms with Gasteiger partial charge >= 0.3 is 6.03 Å². The van der Waals surface area contributed by atoms with Crippen LogP contribution in [0.1, 0.15) is 26.7 Å². The van der Waals surface area contributed by atoms with Crippen molar-refractivity contribution in [3.8, 4) is 0 Å². The number of carbonyl (C=O) groups excluding carboxylic acids is 1. The van der Waals surface area contributed by atoms with E-state index in [4.69, 9.17) is 0 Å². The molecule has 3 rings (SSSR count). The van der Waals surface area contributed by atoms with E-state index in [1.807, 2.05) is 36.4 Å². The molecular formula is C16H23IN6O3S. The Kier molecular flexibility index (Phi) is 5.91. The average Bonchev–Trinajstić information content (AvgIpc) is 3.24. The summed E-state index contributed by atoms with van der Waals surface area (Å²) in [6, 6.07) is 0.754. The number of halogens is 1. The van der Waals surface area contributed by atoms with E-state index in [2.05, 4.69) is 30.9 Å². The van der Waals surface area contributed by atoms with Crippen molar-refractivity contribution in [2.24, 2.45) is 5.92 Å². The number of amides is 2. The molecule has 2 aromatic rings. The maximum Gasteiger partial charge on any atom is 0.322 e. The van der Waals surface area contributed by atoms with E-state index < -0.39 is 18.7 Å². The summed E-state index contributed by atoms with van der Waals surface area (Å²) in [6.07, 6.45) is 4.67. The van der Waals surface area contributed by atoms with E-state index in [0.29, 0.717) is 17.6 Å². The second-order valence-corrected chi connectivity index (χ2v) is 11.7. The van der Waals surface area contributed by atoms with Gasteiger partial charge in [-0.3, -0.25) is 5.32 Å². The molecule has 27 heavy (non-hydrogen) atoms. The van der Waals surface area contributed by atoms with Crippen molar-refractivity contribution < 1.29 is 13.2 Å². The molecule has 11 heteroatoms. The first kappa shape index (κ1) is 20.3. The number of alkyl halides is 1. The molecular weight excluding hydrogens is 483 g/mol. The quantitative estimate of drug-likeness (QED) is 0.270. The Bertz CT molecular complexity index is 925. The van der Waals surface area contributed by atoms with Crippen molar-refractivity contribution in [2.45, 2.75) is 35.6 Å². The lowest BCUT2D eigenvalue weighted by atomic mass is 10.2. The average molecular weight is 506 g/mol.